The molecule has 1 aromatic carbocycles. The molecule has 6 nitrogen and oxygen atoms in total. The van der Waals surface area contributed by atoms with Crippen molar-refractivity contribution in [2.75, 3.05) is 41.3 Å². The fourth-order valence-corrected chi connectivity index (χ4v) is 3.51. The standard InChI is InChI=1S/C22H23F3N6/c1-16-13-19(27-15-17-5-4-6-18(14-17)22(23,24)25)29-21(28-16)31-11-9-30(10-12-31)20-7-2-3-8-26-20/h2-8,13-14H,9-12,15H2,1H3,(H,27,28,29). The van der Waals surface area contributed by atoms with Crippen LogP contribution in [0.4, 0.5) is 30.8 Å². The highest BCUT2D eigenvalue weighted by molar-refractivity contribution is 5.47. The van der Waals surface area contributed by atoms with E-state index in [1.165, 1.54) is 6.07 Å². The van der Waals surface area contributed by atoms with Crippen molar-refractivity contribution in [3.63, 3.8) is 0 Å². The third-order valence-corrected chi connectivity index (χ3v) is 5.11. The Bertz CT molecular complexity index is 1020. The number of pyridine rings is 1. The quantitative estimate of drug-likeness (QED) is 0.659. The van der Waals surface area contributed by atoms with E-state index in [-0.39, 0.29) is 6.54 Å². The van der Waals surface area contributed by atoms with Gasteiger partial charge in [-0.3, -0.25) is 0 Å². The van der Waals surface area contributed by atoms with Crippen LogP contribution in [-0.2, 0) is 12.7 Å². The molecule has 2 aromatic heterocycles. The summed E-state index contributed by atoms with van der Waals surface area (Å²) in [5.41, 5.74) is 0.678. The number of aryl methyl sites for hydroxylation is 1. The van der Waals surface area contributed by atoms with Crippen molar-refractivity contribution in [2.24, 2.45) is 0 Å². The summed E-state index contributed by atoms with van der Waals surface area (Å²) in [6.07, 6.45) is -2.57. The lowest BCUT2D eigenvalue weighted by atomic mass is 10.1. The van der Waals surface area contributed by atoms with Gasteiger partial charge in [0.1, 0.15) is 11.6 Å². The fraction of sp³-hybridized carbons (Fsp3) is 0.318. The lowest BCUT2D eigenvalue weighted by Crippen LogP contribution is -2.47. The number of benzene rings is 1. The second-order valence-corrected chi connectivity index (χ2v) is 7.41. The van der Waals surface area contributed by atoms with Crippen molar-refractivity contribution >= 4 is 17.6 Å². The molecule has 0 spiro atoms. The molecule has 0 unspecified atom stereocenters. The molecule has 0 saturated carbocycles. The Morgan fingerprint density at radius 3 is 2.42 bits per heavy atom. The van der Waals surface area contributed by atoms with Gasteiger partial charge in [-0.2, -0.15) is 18.2 Å². The van der Waals surface area contributed by atoms with E-state index in [0.29, 0.717) is 17.3 Å². The lowest BCUT2D eigenvalue weighted by molar-refractivity contribution is -0.137. The van der Waals surface area contributed by atoms with Gasteiger partial charge < -0.3 is 15.1 Å². The molecule has 31 heavy (non-hydrogen) atoms. The first kappa shape index (κ1) is 20.9. The normalized spacial score (nSPS) is 14.6. The van der Waals surface area contributed by atoms with Crippen LogP contribution < -0.4 is 15.1 Å². The Kier molecular flexibility index (Phi) is 5.92. The number of hydrogen-bond acceptors (Lipinski definition) is 6. The second-order valence-electron chi connectivity index (χ2n) is 7.41. The Morgan fingerprint density at radius 1 is 0.935 bits per heavy atom. The van der Waals surface area contributed by atoms with Gasteiger partial charge in [-0.1, -0.05) is 18.2 Å². The zero-order valence-electron chi connectivity index (χ0n) is 17.1. The smallest absolute Gasteiger partial charge is 0.366 e. The number of nitrogens with one attached hydrogen (secondary N) is 1. The molecule has 9 heteroatoms. The predicted octanol–water partition coefficient (Wildman–Crippen LogP) is 4.14. The third-order valence-electron chi connectivity index (χ3n) is 5.11. The zero-order valence-corrected chi connectivity index (χ0v) is 17.1. The van der Waals surface area contributed by atoms with Crippen LogP contribution in [0.2, 0.25) is 0 Å². The summed E-state index contributed by atoms with van der Waals surface area (Å²) in [5.74, 6) is 2.16. The van der Waals surface area contributed by atoms with Crippen LogP contribution in [0.3, 0.4) is 0 Å². The van der Waals surface area contributed by atoms with E-state index < -0.39 is 11.7 Å². The maximum atomic E-state index is 12.9. The molecule has 4 rings (SSSR count). The Balaban J connectivity index is 1.41. The van der Waals surface area contributed by atoms with Gasteiger partial charge in [-0.15, -0.1) is 0 Å². The minimum atomic E-state index is -4.36. The van der Waals surface area contributed by atoms with Gasteiger partial charge in [0.05, 0.1) is 5.56 Å². The number of nitrogens with zero attached hydrogens (tertiary/aromatic N) is 5. The maximum absolute atomic E-state index is 12.9. The van der Waals surface area contributed by atoms with Crippen LogP contribution in [0.25, 0.3) is 0 Å². The molecule has 1 saturated heterocycles. The fourth-order valence-electron chi connectivity index (χ4n) is 3.51. The number of piperazine rings is 1. The van der Waals surface area contributed by atoms with Gasteiger partial charge in [0.25, 0.3) is 0 Å². The minimum absolute atomic E-state index is 0.243. The van der Waals surface area contributed by atoms with Crippen LogP contribution in [-0.4, -0.2) is 41.1 Å². The van der Waals surface area contributed by atoms with Crippen molar-refractivity contribution in [3.8, 4) is 0 Å². The van der Waals surface area contributed by atoms with Gasteiger partial charge in [0.15, 0.2) is 0 Å². The molecule has 0 radical (unpaired) electrons. The van der Waals surface area contributed by atoms with Crippen molar-refractivity contribution in [2.45, 2.75) is 19.6 Å². The van der Waals surface area contributed by atoms with Crippen LogP contribution >= 0.6 is 0 Å². The number of halogens is 3. The van der Waals surface area contributed by atoms with Crippen LogP contribution in [0.15, 0.2) is 54.7 Å². The SMILES string of the molecule is Cc1cc(NCc2cccc(C(F)(F)F)c2)nc(N2CCN(c3ccccn3)CC2)n1. The summed E-state index contributed by atoms with van der Waals surface area (Å²) in [7, 11) is 0. The van der Waals surface area contributed by atoms with Crippen molar-refractivity contribution in [3.05, 3.63) is 71.5 Å². The van der Waals surface area contributed by atoms with Crippen molar-refractivity contribution in [1.29, 1.82) is 0 Å². The monoisotopic (exact) mass is 428 g/mol. The molecule has 0 aliphatic carbocycles. The number of alkyl halides is 3. The number of anilines is 3. The zero-order chi connectivity index (χ0) is 21.8. The Morgan fingerprint density at radius 2 is 1.71 bits per heavy atom. The van der Waals surface area contributed by atoms with Crippen LogP contribution in [0.1, 0.15) is 16.8 Å². The first-order chi connectivity index (χ1) is 14.9. The summed E-state index contributed by atoms with van der Waals surface area (Å²) < 4.78 is 38.8. The van der Waals surface area contributed by atoms with Crippen molar-refractivity contribution < 1.29 is 13.2 Å². The summed E-state index contributed by atoms with van der Waals surface area (Å²) in [6, 6.07) is 13.0. The topological polar surface area (TPSA) is 57.2 Å². The molecule has 1 fully saturated rings. The largest absolute Gasteiger partial charge is 0.416 e. The van der Waals surface area contributed by atoms with E-state index in [2.05, 4.69) is 30.1 Å². The lowest BCUT2D eigenvalue weighted by Gasteiger charge is -2.35. The van der Waals surface area contributed by atoms with Gasteiger partial charge in [-0.05, 0) is 36.8 Å². The first-order valence-electron chi connectivity index (χ1n) is 10.0. The Hall–Kier alpha value is -3.36. The first-order valence-corrected chi connectivity index (χ1v) is 10.0. The van der Waals surface area contributed by atoms with E-state index in [9.17, 15) is 13.2 Å². The van der Waals surface area contributed by atoms with Gasteiger partial charge >= 0.3 is 6.18 Å². The minimum Gasteiger partial charge on any atom is -0.366 e. The van der Waals surface area contributed by atoms with Gasteiger partial charge in [0.2, 0.25) is 5.95 Å². The molecular formula is C22H23F3N6. The van der Waals surface area contributed by atoms with Gasteiger partial charge in [0, 0.05) is 50.7 Å². The molecule has 0 amide bonds. The highest BCUT2D eigenvalue weighted by Gasteiger charge is 2.30. The average molecular weight is 428 g/mol. The third kappa shape index (κ3) is 5.22. The number of aromatic nitrogens is 3. The molecule has 1 aliphatic rings. The van der Waals surface area contributed by atoms with E-state index >= 15 is 0 Å². The van der Waals surface area contributed by atoms with E-state index in [4.69, 9.17) is 0 Å². The number of rotatable bonds is 5. The second kappa shape index (κ2) is 8.79. The summed E-state index contributed by atoms with van der Waals surface area (Å²) in [6.45, 7) is 5.25. The summed E-state index contributed by atoms with van der Waals surface area (Å²) >= 11 is 0. The van der Waals surface area contributed by atoms with E-state index in [1.54, 1.807) is 18.3 Å². The van der Waals surface area contributed by atoms with Crippen LogP contribution in [0, 0.1) is 6.92 Å². The Labute approximate surface area is 178 Å². The molecule has 162 valence electrons. The molecular weight excluding hydrogens is 405 g/mol. The predicted molar refractivity (Wildman–Crippen MR) is 114 cm³/mol. The molecule has 3 heterocycles. The van der Waals surface area contributed by atoms with E-state index in [0.717, 1.165) is 49.8 Å². The van der Waals surface area contributed by atoms with E-state index in [1.807, 2.05) is 25.1 Å². The summed E-state index contributed by atoms with van der Waals surface area (Å²) in [4.78, 5) is 17.9. The highest BCUT2D eigenvalue weighted by Crippen LogP contribution is 2.29. The molecule has 1 N–H and O–H groups in total. The highest BCUT2D eigenvalue weighted by atomic mass is 19.4. The van der Waals surface area contributed by atoms with Crippen molar-refractivity contribution in [1.82, 2.24) is 15.0 Å². The average Bonchev–Trinajstić information content (AvgIpc) is 2.78. The molecule has 0 atom stereocenters. The number of hydrogen-bond donors (Lipinski definition) is 1. The maximum Gasteiger partial charge on any atom is 0.416 e. The molecule has 1 aliphatic heterocycles. The summed E-state index contributed by atoms with van der Waals surface area (Å²) in [5, 5.41) is 3.13. The van der Waals surface area contributed by atoms with Crippen LogP contribution in [0.5, 0.6) is 0 Å². The molecule has 0 bridgehead atoms. The molecule has 3 aromatic rings. The van der Waals surface area contributed by atoms with Gasteiger partial charge in [-0.25, -0.2) is 9.97 Å².